The van der Waals surface area contributed by atoms with Gasteiger partial charge in [0.15, 0.2) is 0 Å². The number of hydrogen-bond donors (Lipinski definition) is 1. The lowest BCUT2D eigenvalue weighted by Crippen LogP contribution is -2.31. The van der Waals surface area contributed by atoms with Gasteiger partial charge in [0.25, 0.3) is 0 Å². The fourth-order valence-corrected chi connectivity index (χ4v) is 1.80. The zero-order chi connectivity index (χ0) is 12.7. The van der Waals surface area contributed by atoms with Gasteiger partial charge < -0.3 is 10.2 Å². The first-order chi connectivity index (χ1) is 8.19. The van der Waals surface area contributed by atoms with Crippen molar-refractivity contribution in [2.45, 2.75) is 46.7 Å². The van der Waals surface area contributed by atoms with E-state index in [9.17, 15) is 0 Å². The summed E-state index contributed by atoms with van der Waals surface area (Å²) >= 11 is 0. The largest absolute Gasteiger partial charge is 0.353 e. The van der Waals surface area contributed by atoms with E-state index in [2.05, 4.69) is 47.9 Å². The van der Waals surface area contributed by atoms with E-state index in [-0.39, 0.29) is 0 Å². The zero-order valence-electron chi connectivity index (χ0n) is 11.4. The van der Waals surface area contributed by atoms with Crippen molar-refractivity contribution in [2.75, 3.05) is 18.0 Å². The summed E-state index contributed by atoms with van der Waals surface area (Å²) in [7, 11) is 0. The van der Waals surface area contributed by atoms with Gasteiger partial charge in [0.2, 0.25) is 0 Å². The maximum absolute atomic E-state index is 4.64. The van der Waals surface area contributed by atoms with Crippen LogP contribution in [0.3, 0.4) is 0 Å². The summed E-state index contributed by atoms with van der Waals surface area (Å²) in [6.45, 7) is 11.4. The topological polar surface area (TPSA) is 41.1 Å². The molecule has 4 heteroatoms. The number of hydrogen-bond acceptors (Lipinski definition) is 4. The third kappa shape index (κ3) is 4.30. The van der Waals surface area contributed by atoms with E-state index in [0.717, 1.165) is 37.6 Å². The quantitative estimate of drug-likeness (QED) is 0.737. The van der Waals surface area contributed by atoms with Crippen LogP contribution in [0.5, 0.6) is 0 Å². The van der Waals surface area contributed by atoms with Crippen LogP contribution in [-0.4, -0.2) is 29.1 Å². The third-order valence-electron chi connectivity index (χ3n) is 2.66. The molecular weight excluding hydrogens is 212 g/mol. The van der Waals surface area contributed by atoms with Crippen molar-refractivity contribution in [2.24, 2.45) is 0 Å². The summed E-state index contributed by atoms with van der Waals surface area (Å²) in [5, 5.41) is 3.34. The molecule has 0 aromatic carbocycles. The van der Waals surface area contributed by atoms with Crippen LogP contribution in [-0.2, 0) is 6.54 Å². The Labute approximate surface area is 104 Å². The van der Waals surface area contributed by atoms with E-state index >= 15 is 0 Å². The van der Waals surface area contributed by atoms with Crippen LogP contribution in [0.1, 0.15) is 39.8 Å². The highest BCUT2D eigenvalue weighted by Crippen LogP contribution is 2.12. The van der Waals surface area contributed by atoms with Gasteiger partial charge in [-0.3, -0.25) is 4.98 Å². The molecule has 17 heavy (non-hydrogen) atoms. The SMILES string of the molecule is CCCNCc1cncc(N(CC)C(C)C)n1. The van der Waals surface area contributed by atoms with Crippen LogP contribution in [0.15, 0.2) is 12.4 Å². The molecule has 1 N–H and O–H groups in total. The fourth-order valence-electron chi connectivity index (χ4n) is 1.80. The first kappa shape index (κ1) is 13.9. The Bertz CT molecular complexity index is 325. The standard InChI is InChI=1S/C13H24N4/c1-5-7-14-8-12-9-15-10-13(16-12)17(6-2)11(3)4/h9-11,14H,5-8H2,1-4H3. The molecule has 0 aliphatic rings. The van der Waals surface area contributed by atoms with Gasteiger partial charge in [-0.05, 0) is 33.7 Å². The number of aromatic nitrogens is 2. The first-order valence-corrected chi connectivity index (χ1v) is 6.47. The Hall–Kier alpha value is -1.16. The average molecular weight is 236 g/mol. The highest BCUT2D eigenvalue weighted by Gasteiger charge is 2.10. The van der Waals surface area contributed by atoms with Crippen molar-refractivity contribution in [3.05, 3.63) is 18.1 Å². The van der Waals surface area contributed by atoms with Crippen molar-refractivity contribution in [3.63, 3.8) is 0 Å². The summed E-state index contributed by atoms with van der Waals surface area (Å²) in [6.07, 6.45) is 4.81. The lowest BCUT2D eigenvalue weighted by molar-refractivity contribution is 0.652. The monoisotopic (exact) mass is 236 g/mol. The summed E-state index contributed by atoms with van der Waals surface area (Å²) in [4.78, 5) is 11.2. The maximum Gasteiger partial charge on any atom is 0.147 e. The van der Waals surface area contributed by atoms with Crippen molar-refractivity contribution in [1.82, 2.24) is 15.3 Å². The Balaban J connectivity index is 2.70. The van der Waals surface area contributed by atoms with Crippen molar-refractivity contribution in [1.29, 1.82) is 0 Å². The Morgan fingerprint density at radius 3 is 2.65 bits per heavy atom. The fraction of sp³-hybridized carbons (Fsp3) is 0.692. The van der Waals surface area contributed by atoms with E-state index in [0.29, 0.717) is 6.04 Å². The van der Waals surface area contributed by atoms with Crippen molar-refractivity contribution in [3.8, 4) is 0 Å². The van der Waals surface area contributed by atoms with Crippen LogP contribution < -0.4 is 10.2 Å². The van der Waals surface area contributed by atoms with Crippen LogP contribution in [0.2, 0.25) is 0 Å². The van der Waals surface area contributed by atoms with Gasteiger partial charge in [-0.25, -0.2) is 4.98 Å². The smallest absolute Gasteiger partial charge is 0.147 e. The van der Waals surface area contributed by atoms with Crippen molar-refractivity contribution < 1.29 is 0 Å². The molecule has 0 saturated heterocycles. The Kier molecular flexibility index (Phi) is 5.91. The van der Waals surface area contributed by atoms with E-state index in [4.69, 9.17) is 0 Å². The van der Waals surface area contributed by atoms with Crippen LogP contribution >= 0.6 is 0 Å². The second-order valence-corrected chi connectivity index (χ2v) is 4.43. The molecule has 0 fully saturated rings. The highest BCUT2D eigenvalue weighted by atomic mass is 15.2. The Morgan fingerprint density at radius 2 is 2.06 bits per heavy atom. The molecule has 0 saturated carbocycles. The summed E-state index contributed by atoms with van der Waals surface area (Å²) in [6, 6.07) is 0.452. The lowest BCUT2D eigenvalue weighted by Gasteiger charge is -2.26. The maximum atomic E-state index is 4.64. The molecule has 0 aliphatic heterocycles. The summed E-state index contributed by atoms with van der Waals surface area (Å²) in [5.41, 5.74) is 1.01. The van der Waals surface area contributed by atoms with Crippen LogP contribution in [0, 0.1) is 0 Å². The van der Waals surface area contributed by atoms with Gasteiger partial charge in [-0.1, -0.05) is 6.92 Å². The molecule has 1 heterocycles. The molecule has 0 atom stereocenters. The third-order valence-corrected chi connectivity index (χ3v) is 2.66. The number of nitrogens with one attached hydrogen (secondary N) is 1. The van der Waals surface area contributed by atoms with Crippen molar-refractivity contribution >= 4 is 5.82 Å². The first-order valence-electron chi connectivity index (χ1n) is 6.47. The minimum Gasteiger partial charge on any atom is -0.353 e. The molecule has 0 unspecified atom stereocenters. The molecule has 0 amide bonds. The van der Waals surface area contributed by atoms with E-state index in [1.807, 2.05) is 12.4 Å². The number of nitrogens with zero attached hydrogens (tertiary/aromatic N) is 3. The molecule has 1 rings (SSSR count). The molecule has 1 aromatic heterocycles. The van der Waals surface area contributed by atoms with Gasteiger partial charge in [0.05, 0.1) is 11.9 Å². The number of rotatable bonds is 7. The van der Waals surface area contributed by atoms with E-state index < -0.39 is 0 Å². The summed E-state index contributed by atoms with van der Waals surface area (Å²) in [5.74, 6) is 0.971. The van der Waals surface area contributed by atoms with E-state index in [1.165, 1.54) is 0 Å². The normalized spacial score (nSPS) is 10.9. The average Bonchev–Trinajstić information content (AvgIpc) is 2.30. The Morgan fingerprint density at radius 1 is 1.29 bits per heavy atom. The molecule has 96 valence electrons. The van der Waals surface area contributed by atoms with Crippen LogP contribution in [0.25, 0.3) is 0 Å². The van der Waals surface area contributed by atoms with Gasteiger partial charge in [0, 0.05) is 25.3 Å². The molecule has 4 nitrogen and oxygen atoms in total. The molecule has 0 spiro atoms. The predicted octanol–water partition coefficient (Wildman–Crippen LogP) is 2.21. The molecule has 0 bridgehead atoms. The minimum absolute atomic E-state index is 0.452. The van der Waals surface area contributed by atoms with E-state index in [1.54, 1.807) is 0 Å². The molecule has 0 aliphatic carbocycles. The second-order valence-electron chi connectivity index (χ2n) is 4.43. The van der Waals surface area contributed by atoms with Gasteiger partial charge in [-0.15, -0.1) is 0 Å². The zero-order valence-corrected chi connectivity index (χ0v) is 11.4. The number of anilines is 1. The van der Waals surface area contributed by atoms with Gasteiger partial charge >= 0.3 is 0 Å². The van der Waals surface area contributed by atoms with Gasteiger partial charge in [0.1, 0.15) is 5.82 Å². The summed E-state index contributed by atoms with van der Waals surface area (Å²) < 4.78 is 0. The molecule has 0 radical (unpaired) electrons. The molecule has 1 aromatic rings. The van der Waals surface area contributed by atoms with Crippen LogP contribution in [0.4, 0.5) is 5.82 Å². The lowest BCUT2D eigenvalue weighted by atomic mass is 10.3. The highest BCUT2D eigenvalue weighted by molar-refractivity contribution is 5.37. The second kappa shape index (κ2) is 7.22. The molecular formula is C13H24N4. The van der Waals surface area contributed by atoms with Gasteiger partial charge in [-0.2, -0.15) is 0 Å². The predicted molar refractivity (Wildman–Crippen MR) is 72.2 cm³/mol. The minimum atomic E-state index is 0.452.